The molecule has 2 nitrogen and oxygen atoms in total. The van der Waals surface area contributed by atoms with Crippen molar-refractivity contribution >= 4 is 43.6 Å². The zero-order valence-electron chi connectivity index (χ0n) is 43.0. The molecule has 2 rings (SSSR count). The summed E-state index contributed by atoms with van der Waals surface area (Å²) in [4.78, 5) is 0. The topological polar surface area (TPSA) is 18.5 Å². The van der Waals surface area contributed by atoms with Crippen LogP contribution in [0.3, 0.4) is 0 Å². The Hall–Kier alpha value is -0.666. The molecule has 0 aliphatic carbocycles. The van der Waals surface area contributed by atoms with Crippen molar-refractivity contribution in [2.24, 2.45) is 43.3 Å². The van der Waals surface area contributed by atoms with Crippen LogP contribution in [-0.4, -0.2) is 38.5 Å². The molecule has 0 saturated heterocycles. The molecule has 0 spiro atoms. The summed E-state index contributed by atoms with van der Waals surface area (Å²) >= 11 is 0. The van der Waals surface area contributed by atoms with Crippen LogP contribution >= 0.6 is 16.4 Å². The van der Waals surface area contributed by atoms with Crippen LogP contribution in [0.2, 0.25) is 39.3 Å². The van der Waals surface area contributed by atoms with Crippen molar-refractivity contribution in [1.82, 2.24) is 0 Å². The second kappa shape index (κ2) is 17.0. The lowest BCUT2D eigenvalue weighted by Gasteiger charge is -2.36. The highest BCUT2D eigenvalue weighted by Crippen LogP contribution is 2.55. The Balaban J connectivity index is 0.000000560. The Morgan fingerprint density at radius 1 is 0.429 bits per heavy atom. The first-order valence-electron chi connectivity index (χ1n) is 21.6. The van der Waals surface area contributed by atoms with Crippen molar-refractivity contribution in [3.63, 3.8) is 0 Å². The monoisotopic (exact) mass is 845 g/mol. The van der Waals surface area contributed by atoms with E-state index in [1.54, 1.807) is 0 Å². The van der Waals surface area contributed by atoms with Crippen LogP contribution in [0.25, 0.3) is 0 Å². The lowest BCUT2D eigenvalue weighted by molar-refractivity contribution is 0.345. The van der Waals surface area contributed by atoms with Gasteiger partial charge in [0.15, 0.2) is 0 Å². The van der Waals surface area contributed by atoms with E-state index in [-0.39, 0.29) is 43.3 Å². The highest BCUT2D eigenvalue weighted by Gasteiger charge is 2.46. The van der Waals surface area contributed by atoms with Crippen LogP contribution in [0.15, 0.2) is 46.0 Å². The van der Waals surface area contributed by atoms with E-state index in [4.69, 9.17) is 8.85 Å². The summed E-state index contributed by atoms with van der Waals surface area (Å²) in [6, 6.07) is 0. The zero-order valence-corrected chi connectivity index (χ0v) is 46.8. The third kappa shape index (κ3) is 16.1. The van der Waals surface area contributed by atoms with Crippen molar-refractivity contribution < 1.29 is 8.85 Å². The average molecular weight is 845 g/mol. The smallest absolute Gasteiger partial charge is 0.242 e. The van der Waals surface area contributed by atoms with Gasteiger partial charge in [0.2, 0.25) is 16.6 Å². The fourth-order valence-corrected chi connectivity index (χ4v) is 13.1. The van der Waals surface area contributed by atoms with Gasteiger partial charge in [-0.3, -0.25) is 0 Å². The van der Waals surface area contributed by atoms with Crippen LogP contribution < -0.4 is 0 Å². The van der Waals surface area contributed by atoms with Gasteiger partial charge in [-0.25, -0.2) is 0 Å². The minimum Gasteiger partial charge on any atom is -0.544 e. The Morgan fingerprint density at radius 2 is 0.661 bits per heavy atom. The molecular weight excluding hydrogens is 751 g/mol. The van der Waals surface area contributed by atoms with E-state index < -0.39 is 16.6 Å². The van der Waals surface area contributed by atoms with Gasteiger partial charge in [0.1, 0.15) is 11.5 Å². The molecule has 0 amide bonds. The first kappa shape index (κ1) is 53.4. The molecule has 2 heterocycles. The highest BCUT2D eigenvalue weighted by atomic mass is 31.1. The number of hydrogen-bond acceptors (Lipinski definition) is 2. The van der Waals surface area contributed by atoms with Gasteiger partial charge in [0.25, 0.3) is 0 Å². The second-order valence-electron chi connectivity index (χ2n) is 27.3. The molecule has 324 valence electrons. The maximum Gasteiger partial charge on any atom is 0.242 e. The van der Waals surface area contributed by atoms with Crippen molar-refractivity contribution in [2.75, 3.05) is 0 Å². The molecule has 0 N–H and O–H groups in total. The number of rotatable bonds is 6. The molecule has 0 aromatic rings. The fourth-order valence-electron chi connectivity index (χ4n) is 7.11. The molecule has 0 bridgehead atoms. The molecule has 2 atom stereocenters. The first-order chi connectivity index (χ1) is 24.1. The van der Waals surface area contributed by atoms with Gasteiger partial charge >= 0.3 is 0 Å². The van der Waals surface area contributed by atoms with Gasteiger partial charge < -0.3 is 8.85 Å². The third-order valence-corrected chi connectivity index (χ3v) is 15.0. The largest absolute Gasteiger partial charge is 0.544 e. The molecular formula is C50H94O2P2Si2. The van der Waals surface area contributed by atoms with Gasteiger partial charge in [-0.15, -0.1) is 0 Å². The van der Waals surface area contributed by atoms with Gasteiger partial charge in [-0.05, 0) is 105 Å². The molecule has 0 aromatic carbocycles. The Labute approximate surface area is 356 Å². The fraction of sp³-hybridized carbons (Fsp3) is 0.800. The summed E-state index contributed by atoms with van der Waals surface area (Å²) < 4.78 is 13.8. The second-order valence-corrected chi connectivity index (χ2v) is 38.6. The van der Waals surface area contributed by atoms with Crippen LogP contribution in [0.4, 0.5) is 0 Å². The zero-order chi connectivity index (χ0) is 45.0. The van der Waals surface area contributed by atoms with Crippen LogP contribution in [0.5, 0.6) is 0 Å². The van der Waals surface area contributed by atoms with E-state index in [1.165, 1.54) is 60.8 Å². The van der Waals surface area contributed by atoms with Crippen molar-refractivity contribution in [1.29, 1.82) is 0 Å². The summed E-state index contributed by atoms with van der Waals surface area (Å²) in [5.74, 6) is 2.44. The maximum absolute atomic E-state index is 6.90. The molecule has 0 saturated carbocycles. The van der Waals surface area contributed by atoms with Crippen molar-refractivity contribution in [2.45, 2.75) is 217 Å². The van der Waals surface area contributed by atoms with Gasteiger partial charge in [0, 0.05) is 21.9 Å². The summed E-state index contributed by atoms with van der Waals surface area (Å²) in [7, 11) is -0.672. The summed E-state index contributed by atoms with van der Waals surface area (Å²) in [6.07, 6.45) is 4.99. The van der Waals surface area contributed by atoms with Crippen molar-refractivity contribution in [3.8, 4) is 0 Å². The molecule has 6 heteroatoms. The van der Waals surface area contributed by atoms with Gasteiger partial charge in [0.05, 0.1) is 0 Å². The minimum atomic E-state index is -1.75. The van der Waals surface area contributed by atoms with Crippen LogP contribution in [-0.2, 0) is 8.85 Å². The molecule has 0 aromatic heterocycles. The molecule has 56 heavy (non-hydrogen) atoms. The predicted molar refractivity (Wildman–Crippen MR) is 266 cm³/mol. The summed E-state index contributed by atoms with van der Waals surface area (Å²) in [5, 5.41) is 2.88. The predicted octanol–water partition coefficient (Wildman–Crippen LogP) is 17.4. The SMILES string of the molecule is CC(C)(C)/C=C(\C1=P[C@@H](C(C)(C)C)C(C(C)(C)C)=C1O[Si](C)(C)C)C(C)(C)C.CC(C)(C)/C=C(\C1=P[C@H](C(C)(C)C)C(C(C)(C)C)=C1O[Si](C)(C)C)C(C)(C)C. The van der Waals surface area contributed by atoms with E-state index in [9.17, 15) is 0 Å². The van der Waals surface area contributed by atoms with E-state index in [0.29, 0.717) is 11.3 Å². The molecule has 0 unspecified atom stereocenters. The molecule has 0 fully saturated rings. The Kier molecular flexibility index (Phi) is 16.2. The maximum atomic E-state index is 6.90. The normalized spacial score (nSPS) is 21.2. The van der Waals surface area contributed by atoms with E-state index in [2.05, 4.69) is 218 Å². The molecule has 2 aliphatic rings. The highest BCUT2D eigenvalue weighted by molar-refractivity contribution is 7.44. The van der Waals surface area contributed by atoms with Gasteiger partial charge in [-0.1, -0.05) is 195 Å². The Bertz CT molecular complexity index is 1470. The third-order valence-electron chi connectivity index (χ3n) is 9.34. The molecule has 2 aliphatic heterocycles. The summed E-state index contributed by atoms with van der Waals surface area (Å²) in [5.41, 5.74) is 7.94. The standard InChI is InChI=1S/2C25H47OPSi/c2*1-22(2,3)16-17(23(4,5)6)20-19(26-28(13,14)15)18(24(7,8)9)21(27-20)25(10,11)12/h2*16,21H,1-15H3/b2*17-16+/t2*21-/m10/s1. The van der Waals surface area contributed by atoms with Crippen LogP contribution in [0, 0.1) is 43.3 Å². The van der Waals surface area contributed by atoms with Gasteiger partial charge in [-0.2, -0.15) is 0 Å². The minimum absolute atomic E-state index is 0.0828. The first-order valence-corrected chi connectivity index (χ1v) is 30.3. The lowest BCUT2D eigenvalue weighted by atomic mass is 9.73. The molecule has 0 radical (unpaired) electrons. The summed E-state index contributed by atoms with van der Waals surface area (Å²) in [6.45, 7) is 70.2. The Morgan fingerprint density at radius 3 is 0.804 bits per heavy atom. The van der Waals surface area contributed by atoms with E-state index in [1.807, 2.05) is 0 Å². The lowest BCUT2D eigenvalue weighted by Crippen LogP contribution is -2.33. The van der Waals surface area contributed by atoms with Crippen molar-refractivity contribution in [3.05, 3.63) is 46.0 Å². The van der Waals surface area contributed by atoms with E-state index in [0.717, 1.165) is 0 Å². The average Bonchev–Trinajstić information content (AvgIpc) is 3.40. The van der Waals surface area contributed by atoms with Crippen LogP contribution in [0.1, 0.15) is 166 Å². The quantitative estimate of drug-likeness (QED) is 0.196. The van der Waals surface area contributed by atoms with E-state index >= 15 is 0 Å². The number of hydrogen-bond donors (Lipinski definition) is 0. The number of allylic oxidation sites excluding steroid dienone is 6.